The molecule has 1 heterocycles. The van der Waals surface area contributed by atoms with Gasteiger partial charge in [-0.3, -0.25) is 9.59 Å². The van der Waals surface area contributed by atoms with E-state index in [1.807, 2.05) is 17.5 Å². The van der Waals surface area contributed by atoms with E-state index in [0.29, 0.717) is 19.5 Å². The fourth-order valence-corrected chi connectivity index (χ4v) is 2.40. The number of carbonyl (C=O) groups excluding carboxylic acids is 1. The lowest BCUT2D eigenvalue weighted by molar-refractivity contribution is -0.137. The zero-order valence-electron chi connectivity index (χ0n) is 10.3. The van der Waals surface area contributed by atoms with Gasteiger partial charge in [-0.05, 0) is 17.9 Å². The van der Waals surface area contributed by atoms with Gasteiger partial charge in [0.1, 0.15) is 0 Å². The second-order valence-electron chi connectivity index (χ2n) is 4.02. The summed E-state index contributed by atoms with van der Waals surface area (Å²) in [5.74, 6) is -0.895. The Hall–Kier alpha value is -1.40. The SMILES string of the molecule is CC(=O)NCCNC(CC(=O)O)Cc1cccs1. The molecule has 1 rings (SSSR count). The molecule has 0 saturated carbocycles. The minimum Gasteiger partial charge on any atom is -0.481 e. The van der Waals surface area contributed by atoms with Crippen molar-refractivity contribution in [3.8, 4) is 0 Å². The molecule has 1 amide bonds. The first-order valence-corrected chi connectivity index (χ1v) is 6.68. The van der Waals surface area contributed by atoms with E-state index in [9.17, 15) is 9.59 Å². The van der Waals surface area contributed by atoms with Crippen molar-refractivity contribution >= 4 is 23.2 Å². The lowest BCUT2D eigenvalue weighted by Gasteiger charge is -2.16. The molecule has 5 nitrogen and oxygen atoms in total. The minimum atomic E-state index is -0.816. The molecule has 3 N–H and O–H groups in total. The van der Waals surface area contributed by atoms with E-state index in [1.54, 1.807) is 11.3 Å². The average Bonchev–Trinajstić information content (AvgIpc) is 2.75. The van der Waals surface area contributed by atoms with Gasteiger partial charge in [0.15, 0.2) is 0 Å². The van der Waals surface area contributed by atoms with Crippen LogP contribution in [0.25, 0.3) is 0 Å². The summed E-state index contributed by atoms with van der Waals surface area (Å²) in [5, 5.41) is 16.7. The fourth-order valence-electron chi connectivity index (χ4n) is 1.61. The highest BCUT2D eigenvalue weighted by molar-refractivity contribution is 7.09. The molecule has 100 valence electrons. The lowest BCUT2D eigenvalue weighted by Crippen LogP contribution is -2.38. The largest absolute Gasteiger partial charge is 0.481 e. The first kappa shape index (κ1) is 14.7. The molecule has 0 radical (unpaired) electrons. The monoisotopic (exact) mass is 270 g/mol. The number of nitrogens with one attached hydrogen (secondary N) is 2. The molecule has 0 aliphatic heterocycles. The van der Waals surface area contributed by atoms with Crippen LogP contribution in [0.3, 0.4) is 0 Å². The second-order valence-corrected chi connectivity index (χ2v) is 5.05. The molecule has 18 heavy (non-hydrogen) atoms. The number of aliphatic carboxylic acids is 1. The summed E-state index contributed by atoms with van der Waals surface area (Å²) in [5.41, 5.74) is 0. The maximum atomic E-state index is 10.8. The van der Waals surface area contributed by atoms with Crippen LogP contribution in [-0.4, -0.2) is 36.1 Å². The molecule has 0 spiro atoms. The molecule has 0 aromatic carbocycles. The first-order valence-electron chi connectivity index (χ1n) is 5.80. The van der Waals surface area contributed by atoms with E-state index in [0.717, 1.165) is 4.88 Å². The summed E-state index contributed by atoms with van der Waals surface area (Å²) < 4.78 is 0. The van der Waals surface area contributed by atoms with Gasteiger partial charge in [-0.1, -0.05) is 6.07 Å². The van der Waals surface area contributed by atoms with Crippen LogP contribution in [-0.2, 0) is 16.0 Å². The maximum absolute atomic E-state index is 10.8. The number of hydrogen-bond donors (Lipinski definition) is 3. The molecular weight excluding hydrogens is 252 g/mol. The van der Waals surface area contributed by atoms with E-state index >= 15 is 0 Å². The van der Waals surface area contributed by atoms with Crippen molar-refractivity contribution in [2.24, 2.45) is 0 Å². The third-order valence-corrected chi connectivity index (χ3v) is 3.28. The van der Waals surface area contributed by atoms with Gasteiger partial charge >= 0.3 is 5.97 Å². The molecule has 1 unspecified atom stereocenters. The summed E-state index contributed by atoms with van der Waals surface area (Å²) >= 11 is 1.62. The molecule has 0 bridgehead atoms. The highest BCUT2D eigenvalue weighted by Crippen LogP contribution is 2.12. The van der Waals surface area contributed by atoms with E-state index < -0.39 is 5.97 Å². The zero-order valence-corrected chi connectivity index (χ0v) is 11.1. The Morgan fingerprint density at radius 3 is 2.78 bits per heavy atom. The van der Waals surface area contributed by atoms with Gasteiger partial charge in [-0.25, -0.2) is 0 Å². The van der Waals surface area contributed by atoms with E-state index in [1.165, 1.54) is 6.92 Å². The lowest BCUT2D eigenvalue weighted by atomic mass is 10.1. The van der Waals surface area contributed by atoms with Crippen LogP contribution in [0, 0.1) is 0 Å². The fraction of sp³-hybridized carbons (Fsp3) is 0.500. The van der Waals surface area contributed by atoms with Gasteiger partial charge in [0.2, 0.25) is 5.91 Å². The maximum Gasteiger partial charge on any atom is 0.304 e. The Balaban J connectivity index is 2.35. The molecule has 0 fully saturated rings. The summed E-state index contributed by atoms with van der Waals surface area (Å²) in [7, 11) is 0. The molecule has 6 heteroatoms. The Kier molecular flexibility index (Phi) is 6.38. The number of hydrogen-bond acceptors (Lipinski definition) is 4. The highest BCUT2D eigenvalue weighted by atomic mass is 32.1. The van der Waals surface area contributed by atoms with Crippen LogP contribution in [0.2, 0.25) is 0 Å². The van der Waals surface area contributed by atoms with Gasteiger partial charge in [0.25, 0.3) is 0 Å². The summed E-state index contributed by atoms with van der Waals surface area (Å²) in [6.45, 7) is 2.54. The van der Waals surface area contributed by atoms with Crippen LogP contribution in [0.5, 0.6) is 0 Å². The van der Waals surface area contributed by atoms with Crippen molar-refractivity contribution in [1.29, 1.82) is 0 Å². The average molecular weight is 270 g/mol. The predicted octanol–water partition coefficient (Wildman–Crippen LogP) is 0.860. The van der Waals surface area contributed by atoms with Gasteiger partial charge in [-0.15, -0.1) is 11.3 Å². The quantitative estimate of drug-likeness (QED) is 0.612. The zero-order chi connectivity index (χ0) is 13.4. The Morgan fingerprint density at radius 2 is 2.22 bits per heavy atom. The van der Waals surface area contributed by atoms with Gasteiger partial charge in [-0.2, -0.15) is 0 Å². The van der Waals surface area contributed by atoms with Gasteiger partial charge in [0, 0.05) is 30.9 Å². The highest BCUT2D eigenvalue weighted by Gasteiger charge is 2.13. The third kappa shape index (κ3) is 6.36. The van der Waals surface area contributed by atoms with Gasteiger partial charge < -0.3 is 15.7 Å². The molecular formula is C12H18N2O3S. The number of carboxylic acids is 1. The summed E-state index contributed by atoms with van der Waals surface area (Å²) in [6, 6.07) is 3.85. The Morgan fingerprint density at radius 1 is 1.44 bits per heavy atom. The van der Waals surface area contributed by atoms with Crippen LogP contribution >= 0.6 is 11.3 Å². The van der Waals surface area contributed by atoms with Gasteiger partial charge in [0.05, 0.1) is 6.42 Å². The Labute approximate surface area is 110 Å². The Bertz CT molecular complexity index is 379. The smallest absolute Gasteiger partial charge is 0.304 e. The van der Waals surface area contributed by atoms with Crippen LogP contribution in [0.1, 0.15) is 18.2 Å². The molecule has 0 aliphatic carbocycles. The molecule has 1 aromatic heterocycles. The molecule has 0 aliphatic rings. The van der Waals surface area contributed by atoms with Crippen molar-refractivity contribution in [2.45, 2.75) is 25.8 Å². The molecule has 0 saturated heterocycles. The number of amides is 1. The van der Waals surface area contributed by atoms with Crippen molar-refractivity contribution in [1.82, 2.24) is 10.6 Å². The van der Waals surface area contributed by atoms with Crippen molar-refractivity contribution < 1.29 is 14.7 Å². The number of rotatable bonds is 8. The van der Waals surface area contributed by atoms with E-state index in [2.05, 4.69) is 10.6 Å². The minimum absolute atomic E-state index is 0.0789. The first-order chi connectivity index (χ1) is 8.58. The predicted molar refractivity (Wildman–Crippen MR) is 70.8 cm³/mol. The van der Waals surface area contributed by atoms with E-state index in [-0.39, 0.29) is 18.4 Å². The van der Waals surface area contributed by atoms with E-state index in [4.69, 9.17) is 5.11 Å². The topological polar surface area (TPSA) is 78.4 Å². The standard InChI is InChI=1S/C12H18N2O3S/c1-9(15)13-4-5-14-10(8-12(16)17)7-11-3-2-6-18-11/h2-3,6,10,14H,4-5,7-8H2,1H3,(H,13,15)(H,16,17). The van der Waals surface area contributed by atoms with Crippen LogP contribution in [0.15, 0.2) is 17.5 Å². The number of thiophene rings is 1. The van der Waals surface area contributed by atoms with Crippen LogP contribution in [0.4, 0.5) is 0 Å². The molecule has 1 atom stereocenters. The second kappa shape index (κ2) is 7.84. The normalized spacial score (nSPS) is 12.1. The van der Waals surface area contributed by atoms with Crippen molar-refractivity contribution in [3.63, 3.8) is 0 Å². The van der Waals surface area contributed by atoms with Crippen LogP contribution < -0.4 is 10.6 Å². The summed E-state index contributed by atoms with van der Waals surface area (Å²) in [4.78, 5) is 22.6. The number of carboxylic acid groups (broad SMARTS) is 1. The van der Waals surface area contributed by atoms with Crippen molar-refractivity contribution in [3.05, 3.63) is 22.4 Å². The number of carbonyl (C=O) groups is 2. The third-order valence-electron chi connectivity index (χ3n) is 2.38. The molecule has 1 aromatic rings. The van der Waals surface area contributed by atoms with Crippen molar-refractivity contribution in [2.75, 3.05) is 13.1 Å². The summed E-state index contributed by atoms with van der Waals surface area (Å²) in [6.07, 6.45) is 0.780.